The first kappa shape index (κ1) is 12.5. The highest BCUT2D eigenvalue weighted by Gasteiger charge is 2.41. The average molecular weight is 236 g/mol. The van der Waals surface area contributed by atoms with E-state index >= 15 is 0 Å². The molecule has 0 spiro atoms. The largest absolute Gasteiger partial charge is 0.471 e. The zero-order valence-corrected chi connectivity index (χ0v) is 8.54. The fourth-order valence-corrected chi connectivity index (χ4v) is 1.46. The Hall–Kier alpha value is -1.53. The topological polar surface area (TPSA) is 49.4 Å². The third-order valence-electron chi connectivity index (χ3n) is 2.28. The Kier molecular flexibility index (Phi) is 3.56. The van der Waals surface area contributed by atoms with E-state index in [4.69, 9.17) is 0 Å². The van der Waals surface area contributed by atoms with Crippen LogP contribution in [0, 0.1) is 0 Å². The molecule has 0 aromatic rings. The number of hydrogen-bond acceptors (Lipinski definition) is 2. The summed E-state index contributed by atoms with van der Waals surface area (Å²) < 4.78 is 36.1. The third kappa shape index (κ3) is 2.74. The summed E-state index contributed by atoms with van der Waals surface area (Å²) in [4.78, 5) is 22.5. The first-order valence-electron chi connectivity index (χ1n) is 4.61. The molecule has 1 atom stereocenters. The van der Waals surface area contributed by atoms with Crippen LogP contribution in [0.25, 0.3) is 0 Å². The van der Waals surface area contributed by atoms with Gasteiger partial charge in [0.2, 0.25) is 6.41 Å². The van der Waals surface area contributed by atoms with E-state index in [0.29, 0.717) is 24.9 Å². The van der Waals surface area contributed by atoms with E-state index in [2.05, 4.69) is 0 Å². The summed E-state index contributed by atoms with van der Waals surface area (Å²) in [6.45, 7) is 1.86. The summed E-state index contributed by atoms with van der Waals surface area (Å²) >= 11 is 0. The molecule has 16 heavy (non-hydrogen) atoms. The van der Waals surface area contributed by atoms with Crippen molar-refractivity contribution in [1.29, 1.82) is 0 Å². The number of rotatable bonds is 2. The molecule has 1 aliphatic rings. The fraction of sp³-hybridized carbons (Fsp3) is 0.556. The molecule has 1 unspecified atom stereocenters. The second-order valence-corrected chi connectivity index (χ2v) is 3.45. The number of hydrogen-bond donors (Lipinski definition) is 1. The molecule has 0 fully saturated rings. The normalized spacial score (nSPS) is 21.4. The molecule has 0 bridgehead atoms. The maximum absolute atomic E-state index is 12.0. The number of carbonyl (C=O) groups is 2. The molecule has 1 N–H and O–H groups in total. The van der Waals surface area contributed by atoms with E-state index in [0.717, 1.165) is 4.90 Å². The Morgan fingerprint density at radius 3 is 2.75 bits per heavy atom. The summed E-state index contributed by atoms with van der Waals surface area (Å²) in [7, 11) is 0. The maximum Gasteiger partial charge on any atom is 0.471 e. The van der Waals surface area contributed by atoms with Crippen LogP contribution in [0.5, 0.6) is 0 Å². The van der Waals surface area contributed by atoms with Crippen molar-refractivity contribution in [2.45, 2.75) is 25.7 Å². The van der Waals surface area contributed by atoms with Crippen molar-refractivity contribution in [2.75, 3.05) is 6.54 Å². The van der Waals surface area contributed by atoms with E-state index in [1.807, 2.05) is 0 Å². The summed E-state index contributed by atoms with van der Waals surface area (Å²) in [5.41, 5.74) is 0.524. The number of nitrogens with zero attached hydrogens (tertiary/aromatic N) is 1. The highest BCUT2D eigenvalue weighted by atomic mass is 19.4. The van der Waals surface area contributed by atoms with Crippen molar-refractivity contribution < 1.29 is 22.8 Å². The molecular weight excluding hydrogens is 225 g/mol. The summed E-state index contributed by atoms with van der Waals surface area (Å²) in [5, 5.41) is 1.77. The van der Waals surface area contributed by atoms with Gasteiger partial charge >= 0.3 is 12.1 Å². The first-order chi connectivity index (χ1) is 7.36. The van der Waals surface area contributed by atoms with Gasteiger partial charge in [0.05, 0.1) is 0 Å². The minimum Gasteiger partial charge on any atom is -0.324 e. The standard InChI is InChI=1S/C9H11F3N2O2/c1-6-3-2-4-14(5-15)7(6)13-8(16)9(10,11)12/h3,5,7H,2,4H2,1H3,(H,13,16). The highest BCUT2D eigenvalue weighted by molar-refractivity contribution is 5.82. The van der Waals surface area contributed by atoms with Gasteiger partial charge in [-0.3, -0.25) is 9.59 Å². The first-order valence-corrected chi connectivity index (χ1v) is 4.61. The molecule has 1 rings (SSSR count). The molecule has 0 saturated carbocycles. The molecular formula is C9H11F3N2O2. The van der Waals surface area contributed by atoms with Crippen molar-refractivity contribution >= 4 is 12.3 Å². The quantitative estimate of drug-likeness (QED) is 0.569. The van der Waals surface area contributed by atoms with E-state index in [-0.39, 0.29) is 0 Å². The number of halogens is 3. The SMILES string of the molecule is CC1=CCCN(C=O)C1NC(=O)C(F)(F)F. The van der Waals surface area contributed by atoms with Crippen LogP contribution in [0.2, 0.25) is 0 Å². The van der Waals surface area contributed by atoms with Crippen molar-refractivity contribution in [3.05, 3.63) is 11.6 Å². The van der Waals surface area contributed by atoms with Crippen LogP contribution in [0.3, 0.4) is 0 Å². The van der Waals surface area contributed by atoms with E-state index in [1.165, 1.54) is 0 Å². The van der Waals surface area contributed by atoms with Crippen molar-refractivity contribution in [2.24, 2.45) is 0 Å². The van der Waals surface area contributed by atoms with Crippen LogP contribution in [0.1, 0.15) is 13.3 Å². The lowest BCUT2D eigenvalue weighted by molar-refractivity contribution is -0.175. The Morgan fingerprint density at radius 1 is 1.62 bits per heavy atom. The Balaban J connectivity index is 2.77. The van der Waals surface area contributed by atoms with Gasteiger partial charge in [-0.1, -0.05) is 6.08 Å². The van der Waals surface area contributed by atoms with Crippen LogP contribution < -0.4 is 5.32 Å². The van der Waals surface area contributed by atoms with Crippen LogP contribution in [-0.4, -0.2) is 36.1 Å². The van der Waals surface area contributed by atoms with Gasteiger partial charge in [-0.25, -0.2) is 0 Å². The average Bonchev–Trinajstić information content (AvgIpc) is 2.19. The second kappa shape index (κ2) is 4.54. The number of nitrogens with one attached hydrogen (secondary N) is 1. The minimum atomic E-state index is -4.94. The predicted octanol–water partition coefficient (Wildman–Crippen LogP) is 0.799. The molecule has 0 saturated heterocycles. The maximum atomic E-state index is 12.0. The van der Waals surface area contributed by atoms with Crippen molar-refractivity contribution in [1.82, 2.24) is 10.2 Å². The Morgan fingerprint density at radius 2 is 2.25 bits per heavy atom. The van der Waals surface area contributed by atoms with Gasteiger partial charge in [0.15, 0.2) is 0 Å². The van der Waals surface area contributed by atoms with Gasteiger partial charge in [0.25, 0.3) is 0 Å². The summed E-state index contributed by atoms with van der Waals surface area (Å²) in [6, 6.07) is 0. The lowest BCUT2D eigenvalue weighted by Crippen LogP contribution is -2.53. The zero-order valence-electron chi connectivity index (χ0n) is 8.54. The highest BCUT2D eigenvalue weighted by Crippen LogP contribution is 2.18. The summed E-state index contributed by atoms with van der Waals surface area (Å²) in [6.07, 6.45) is -3.24. The second-order valence-electron chi connectivity index (χ2n) is 3.45. The minimum absolute atomic E-state index is 0.295. The molecule has 1 aliphatic heterocycles. The van der Waals surface area contributed by atoms with Crippen LogP contribution >= 0.6 is 0 Å². The van der Waals surface area contributed by atoms with Gasteiger partial charge in [-0.2, -0.15) is 13.2 Å². The van der Waals surface area contributed by atoms with Crippen molar-refractivity contribution in [3.8, 4) is 0 Å². The molecule has 0 aromatic heterocycles. The van der Waals surface area contributed by atoms with Crippen LogP contribution in [0.4, 0.5) is 13.2 Å². The predicted molar refractivity (Wildman–Crippen MR) is 49.1 cm³/mol. The van der Waals surface area contributed by atoms with Gasteiger partial charge in [0.1, 0.15) is 6.17 Å². The molecule has 90 valence electrons. The lowest BCUT2D eigenvalue weighted by Gasteiger charge is -2.33. The van der Waals surface area contributed by atoms with E-state index in [1.54, 1.807) is 18.3 Å². The van der Waals surface area contributed by atoms with Gasteiger partial charge in [-0.15, -0.1) is 0 Å². The van der Waals surface area contributed by atoms with E-state index in [9.17, 15) is 22.8 Å². The molecule has 1 heterocycles. The van der Waals surface area contributed by atoms with Crippen LogP contribution in [0.15, 0.2) is 11.6 Å². The summed E-state index contributed by atoms with van der Waals surface area (Å²) in [5.74, 6) is -2.04. The molecule has 0 aromatic carbocycles. The van der Waals surface area contributed by atoms with E-state index < -0.39 is 18.2 Å². The van der Waals surface area contributed by atoms with Gasteiger partial charge in [-0.05, 0) is 18.9 Å². The number of carbonyl (C=O) groups excluding carboxylic acids is 2. The Bertz CT molecular complexity index is 325. The Labute approximate surface area is 90.1 Å². The fourth-order valence-electron chi connectivity index (χ4n) is 1.46. The number of alkyl halides is 3. The van der Waals surface area contributed by atoms with Gasteiger partial charge < -0.3 is 10.2 Å². The number of amides is 2. The molecule has 0 aliphatic carbocycles. The smallest absolute Gasteiger partial charge is 0.324 e. The lowest BCUT2D eigenvalue weighted by atomic mass is 10.1. The molecule has 0 radical (unpaired) electrons. The molecule has 7 heteroatoms. The van der Waals surface area contributed by atoms with Crippen LogP contribution in [-0.2, 0) is 9.59 Å². The van der Waals surface area contributed by atoms with Gasteiger partial charge in [0, 0.05) is 6.54 Å². The monoisotopic (exact) mass is 236 g/mol. The zero-order chi connectivity index (χ0) is 12.3. The van der Waals surface area contributed by atoms with Crippen molar-refractivity contribution in [3.63, 3.8) is 0 Å². The third-order valence-corrected chi connectivity index (χ3v) is 2.28. The molecule has 2 amide bonds. The molecule has 4 nitrogen and oxygen atoms in total.